The maximum absolute atomic E-state index is 8.49. The molecule has 0 saturated heterocycles. The van der Waals surface area contributed by atoms with Gasteiger partial charge in [0, 0.05) is 25.7 Å². The summed E-state index contributed by atoms with van der Waals surface area (Å²) >= 11 is 0. The molecule has 0 saturated carbocycles. The van der Waals surface area contributed by atoms with Gasteiger partial charge < -0.3 is 16.2 Å². The zero-order valence-corrected chi connectivity index (χ0v) is 6.64. The second-order valence-electron chi connectivity index (χ2n) is 2.51. The number of nitrogens with two attached hydrogens (primary N) is 1. The van der Waals surface area contributed by atoms with Crippen molar-refractivity contribution in [3.8, 4) is 0 Å². The highest BCUT2D eigenvalue weighted by atomic mass is 16.2. The fourth-order valence-corrected chi connectivity index (χ4v) is 0.829. The molecule has 0 heterocycles. The number of nitrogens with one attached hydrogen (secondary N) is 1. The second kappa shape index (κ2) is 6.99. The molecule has 1 unspecified atom stereocenters. The molecule has 0 rings (SSSR count). The average Bonchev–Trinajstić information content (AvgIpc) is 1.97. The van der Waals surface area contributed by atoms with Crippen LogP contribution in [-0.2, 0) is 0 Å². The van der Waals surface area contributed by atoms with Gasteiger partial charge in [-0.2, -0.15) is 0 Å². The Hall–Kier alpha value is -0.120. The molecule has 0 aliphatic carbocycles. The van der Waals surface area contributed by atoms with Crippen molar-refractivity contribution in [2.75, 3.05) is 19.7 Å². The summed E-state index contributed by atoms with van der Waals surface area (Å²) in [5, 5.41) is 11.7. The van der Waals surface area contributed by atoms with Crippen LogP contribution in [0.2, 0.25) is 0 Å². The van der Waals surface area contributed by atoms with Crippen molar-refractivity contribution in [3.05, 3.63) is 0 Å². The van der Waals surface area contributed by atoms with E-state index >= 15 is 0 Å². The lowest BCUT2D eigenvalue weighted by molar-refractivity contribution is 0.277. The van der Waals surface area contributed by atoms with Crippen LogP contribution in [0.15, 0.2) is 0 Å². The predicted molar refractivity (Wildman–Crippen MR) is 42.8 cm³/mol. The van der Waals surface area contributed by atoms with Gasteiger partial charge in [-0.05, 0) is 19.8 Å². The minimum atomic E-state index is 0.286. The molecular formula is C7H18N2O. The number of aliphatic hydroxyl groups excluding tert-OH is 1. The lowest BCUT2D eigenvalue weighted by atomic mass is 10.2. The highest BCUT2D eigenvalue weighted by molar-refractivity contribution is 4.59. The average molecular weight is 146 g/mol. The Kier molecular flexibility index (Phi) is 6.91. The van der Waals surface area contributed by atoms with E-state index in [4.69, 9.17) is 10.8 Å². The summed E-state index contributed by atoms with van der Waals surface area (Å²) < 4.78 is 0. The van der Waals surface area contributed by atoms with Gasteiger partial charge in [-0.1, -0.05) is 0 Å². The smallest absolute Gasteiger partial charge is 0.0431 e. The van der Waals surface area contributed by atoms with Gasteiger partial charge in [0.05, 0.1) is 0 Å². The highest BCUT2D eigenvalue weighted by Crippen LogP contribution is 1.93. The molecule has 3 nitrogen and oxygen atoms in total. The van der Waals surface area contributed by atoms with E-state index in [1.165, 1.54) is 0 Å². The van der Waals surface area contributed by atoms with Crippen molar-refractivity contribution < 1.29 is 5.11 Å². The van der Waals surface area contributed by atoms with Crippen LogP contribution in [0.4, 0.5) is 0 Å². The number of rotatable bonds is 6. The van der Waals surface area contributed by atoms with E-state index < -0.39 is 0 Å². The second-order valence-corrected chi connectivity index (χ2v) is 2.51. The third-order valence-electron chi connectivity index (χ3n) is 1.43. The Morgan fingerprint density at radius 1 is 1.60 bits per heavy atom. The molecule has 0 aromatic carbocycles. The molecule has 10 heavy (non-hydrogen) atoms. The molecule has 3 heteroatoms. The third-order valence-corrected chi connectivity index (χ3v) is 1.43. The highest BCUT2D eigenvalue weighted by Gasteiger charge is 1.97. The standard InChI is InChI=1S/C7H18N2O/c1-7(3-2-6-10)9-5-4-8/h7,9-10H,2-6,8H2,1H3. The summed E-state index contributed by atoms with van der Waals surface area (Å²) in [6, 6.07) is 0.482. The van der Waals surface area contributed by atoms with E-state index in [1.54, 1.807) is 0 Å². The topological polar surface area (TPSA) is 58.3 Å². The fourth-order valence-electron chi connectivity index (χ4n) is 0.829. The molecule has 0 aliphatic rings. The largest absolute Gasteiger partial charge is 0.396 e. The Morgan fingerprint density at radius 3 is 2.80 bits per heavy atom. The number of hydrogen-bond acceptors (Lipinski definition) is 3. The number of aliphatic hydroxyl groups is 1. The van der Waals surface area contributed by atoms with Crippen LogP contribution >= 0.6 is 0 Å². The first kappa shape index (κ1) is 9.88. The summed E-state index contributed by atoms with van der Waals surface area (Å²) in [6.07, 6.45) is 1.90. The van der Waals surface area contributed by atoms with Gasteiger partial charge in [0.1, 0.15) is 0 Å². The zero-order valence-electron chi connectivity index (χ0n) is 6.64. The van der Waals surface area contributed by atoms with Crippen LogP contribution < -0.4 is 11.1 Å². The molecule has 0 amide bonds. The quantitative estimate of drug-likeness (QED) is 0.482. The van der Waals surface area contributed by atoms with E-state index in [0.29, 0.717) is 12.6 Å². The Balaban J connectivity index is 3.00. The molecule has 1 atom stereocenters. The first-order valence-corrected chi connectivity index (χ1v) is 3.85. The SMILES string of the molecule is CC(CCCO)NCCN. The van der Waals surface area contributed by atoms with Crippen molar-refractivity contribution in [1.29, 1.82) is 0 Å². The van der Waals surface area contributed by atoms with Crippen molar-refractivity contribution in [2.24, 2.45) is 5.73 Å². The van der Waals surface area contributed by atoms with Gasteiger partial charge in [-0.15, -0.1) is 0 Å². The van der Waals surface area contributed by atoms with Crippen LogP contribution in [0.5, 0.6) is 0 Å². The van der Waals surface area contributed by atoms with E-state index in [1.807, 2.05) is 0 Å². The Labute approximate surface area is 62.6 Å². The van der Waals surface area contributed by atoms with Crippen LogP contribution in [0.3, 0.4) is 0 Å². The lowest BCUT2D eigenvalue weighted by Gasteiger charge is -2.11. The molecule has 62 valence electrons. The maximum Gasteiger partial charge on any atom is 0.0431 e. The minimum absolute atomic E-state index is 0.286. The summed E-state index contributed by atoms with van der Waals surface area (Å²) in [5.41, 5.74) is 5.29. The molecule has 0 radical (unpaired) electrons. The normalized spacial score (nSPS) is 13.5. The molecule has 0 aliphatic heterocycles. The fraction of sp³-hybridized carbons (Fsp3) is 1.00. The van der Waals surface area contributed by atoms with Gasteiger partial charge in [-0.25, -0.2) is 0 Å². The molecule has 4 N–H and O–H groups in total. The van der Waals surface area contributed by atoms with E-state index in [-0.39, 0.29) is 6.61 Å². The van der Waals surface area contributed by atoms with Crippen LogP contribution in [0, 0.1) is 0 Å². The molecule has 0 aromatic heterocycles. The first-order valence-electron chi connectivity index (χ1n) is 3.85. The number of hydrogen-bond donors (Lipinski definition) is 3. The predicted octanol–water partition coefficient (Wildman–Crippen LogP) is -0.304. The van der Waals surface area contributed by atoms with Crippen molar-refractivity contribution in [1.82, 2.24) is 5.32 Å². The first-order chi connectivity index (χ1) is 4.81. The molecular weight excluding hydrogens is 128 g/mol. The van der Waals surface area contributed by atoms with Gasteiger partial charge >= 0.3 is 0 Å². The van der Waals surface area contributed by atoms with Gasteiger partial charge in [0.15, 0.2) is 0 Å². The Morgan fingerprint density at radius 2 is 2.30 bits per heavy atom. The molecule has 0 fully saturated rings. The molecule has 0 aromatic rings. The lowest BCUT2D eigenvalue weighted by Crippen LogP contribution is -2.31. The van der Waals surface area contributed by atoms with Gasteiger partial charge in [0.2, 0.25) is 0 Å². The maximum atomic E-state index is 8.49. The van der Waals surface area contributed by atoms with Crippen molar-refractivity contribution in [2.45, 2.75) is 25.8 Å². The van der Waals surface area contributed by atoms with Crippen LogP contribution in [0.1, 0.15) is 19.8 Å². The van der Waals surface area contributed by atoms with Crippen molar-refractivity contribution >= 4 is 0 Å². The summed E-state index contributed by atoms with van der Waals surface area (Å²) in [7, 11) is 0. The van der Waals surface area contributed by atoms with Gasteiger partial charge in [0.25, 0.3) is 0 Å². The molecule has 0 spiro atoms. The van der Waals surface area contributed by atoms with E-state index in [0.717, 1.165) is 19.4 Å². The molecule has 0 bridgehead atoms. The third kappa shape index (κ3) is 6.01. The van der Waals surface area contributed by atoms with E-state index in [2.05, 4.69) is 12.2 Å². The summed E-state index contributed by atoms with van der Waals surface area (Å²) in [5.74, 6) is 0. The van der Waals surface area contributed by atoms with Crippen molar-refractivity contribution in [3.63, 3.8) is 0 Å². The minimum Gasteiger partial charge on any atom is -0.396 e. The van der Waals surface area contributed by atoms with Gasteiger partial charge in [-0.3, -0.25) is 0 Å². The summed E-state index contributed by atoms with van der Waals surface area (Å²) in [6.45, 7) is 3.94. The Bertz CT molecular complexity index is 60.6. The van der Waals surface area contributed by atoms with Crippen LogP contribution in [0.25, 0.3) is 0 Å². The summed E-state index contributed by atoms with van der Waals surface area (Å²) in [4.78, 5) is 0. The zero-order chi connectivity index (χ0) is 7.82. The van der Waals surface area contributed by atoms with Crippen LogP contribution in [-0.4, -0.2) is 30.8 Å². The monoisotopic (exact) mass is 146 g/mol. The van der Waals surface area contributed by atoms with E-state index in [9.17, 15) is 0 Å².